The number of hydrogen-bond donors (Lipinski definition) is 1. The smallest absolute Gasteiger partial charge is 0.102 e. The van der Waals surface area contributed by atoms with Gasteiger partial charge >= 0.3 is 0 Å². The highest BCUT2D eigenvalue weighted by atomic mass is 16.5. The van der Waals surface area contributed by atoms with Crippen molar-refractivity contribution in [2.45, 2.75) is 19.3 Å². The lowest BCUT2D eigenvalue weighted by atomic mass is 10.0. The van der Waals surface area contributed by atoms with Crippen LogP contribution >= 0.6 is 0 Å². The number of hydrogen-bond acceptors (Lipinski definition) is 2. The Morgan fingerprint density at radius 3 is 2.47 bits per heavy atom. The van der Waals surface area contributed by atoms with Gasteiger partial charge in [-0.15, -0.1) is 0 Å². The molecule has 3 heteroatoms. The van der Waals surface area contributed by atoms with Crippen molar-refractivity contribution in [1.29, 1.82) is 0 Å². The van der Waals surface area contributed by atoms with Crippen LogP contribution in [0.1, 0.15) is 19.3 Å². The van der Waals surface area contributed by atoms with Gasteiger partial charge in [0.25, 0.3) is 0 Å². The van der Waals surface area contributed by atoms with E-state index in [-0.39, 0.29) is 0 Å². The summed E-state index contributed by atoms with van der Waals surface area (Å²) in [4.78, 5) is 0. The van der Waals surface area contributed by atoms with E-state index in [1.54, 1.807) is 0 Å². The molecule has 2 N–H and O–H groups in total. The molecule has 0 spiro atoms. The van der Waals surface area contributed by atoms with Crippen LogP contribution in [0.5, 0.6) is 0 Å². The van der Waals surface area contributed by atoms with Gasteiger partial charge in [0.05, 0.1) is 26.8 Å². The van der Waals surface area contributed by atoms with E-state index in [1.807, 2.05) is 0 Å². The average molecular weight is 213 g/mol. The van der Waals surface area contributed by atoms with Crippen molar-refractivity contribution in [3.63, 3.8) is 0 Å². The van der Waals surface area contributed by atoms with Crippen molar-refractivity contribution >= 4 is 0 Å². The van der Waals surface area contributed by atoms with Crippen molar-refractivity contribution in [2.24, 2.45) is 17.6 Å². The third kappa shape index (κ3) is 2.92. The number of rotatable bonds is 3. The summed E-state index contributed by atoms with van der Waals surface area (Å²) < 4.78 is 6.66. The molecule has 3 nitrogen and oxygen atoms in total. The molecular formula is C12H25N2O+. The van der Waals surface area contributed by atoms with Crippen LogP contribution in [0.25, 0.3) is 0 Å². The maximum Gasteiger partial charge on any atom is 0.102 e. The van der Waals surface area contributed by atoms with Gasteiger partial charge in [-0.25, -0.2) is 0 Å². The molecule has 88 valence electrons. The van der Waals surface area contributed by atoms with Crippen LogP contribution in [0.15, 0.2) is 0 Å². The molecule has 0 bridgehead atoms. The molecule has 0 aromatic heterocycles. The second-order valence-corrected chi connectivity index (χ2v) is 5.64. The minimum absolute atomic E-state index is 0.808. The second kappa shape index (κ2) is 4.81. The fourth-order valence-corrected chi connectivity index (χ4v) is 3.15. The van der Waals surface area contributed by atoms with Crippen LogP contribution in [-0.2, 0) is 4.74 Å². The summed E-state index contributed by atoms with van der Waals surface area (Å²) in [5, 5.41) is 0. The monoisotopic (exact) mass is 213 g/mol. The van der Waals surface area contributed by atoms with Crippen molar-refractivity contribution in [1.82, 2.24) is 0 Å². The van der Waals surface area contributed by atoms with Crippen LogP contribution in [0.2, 0.25) is 0 Å². The Morgan fingerprint density at radius 2 is 1.87 bits per heavy atom. The summed E-state index contributed by atoms with van der Waals surface area (Å²) in [5.74, 6) is 1.73. The van der Waals surface area contributed by atoms with Crippen molar-refractivity contribution in [3.8, 4) is 0 Å². The number of nitrogens with zero attached hydrogens (tertiary/aromatic N) is 1. The molecule has 1 heterocycles. The first-order valence-corrected chi connectivity index (χ1v) is 6.33. The Hall–Kier alpha value is -0.120. The molecule has 1 aliphatic heterocycles. The molecular weight excluding hydrogens is 188 g/mol. The van der Waals surface area contributed by atoms with Crippen molar-refractivity contribution in [3.05, 3.63) is 0 Å². The maximum absolute atomic E-state index is 5.74. The van der Waals surface area contributed by atoms with Gasteiger partial charge in [-0.2, -0.15) is 0 Å². The molecule has 2 rings (SSSR count). The van der Waals surface area contributed by atoms with E-state index in [2.05, 4.69) is 7.05 Å². The first-order valence-electron chi connectivity index (χ1n) is 6.33. The van der Waals surface area contributed by atoms with E-state index < -0.39 is 0 Å². The van der Waals surface area contributed by atoms with Crippen molar-refractivity contribution in [2.75, 3.05) is 46.4 Å². The summed E-state index contributed by atoms with van der Waals surface area (Å²) in [6, 6.07) is 0. The molecule has 1 saturated carbocycles. The zero-order chi connectivity index (χ0) is 10.7. The lowest BCUT2D eigenvalue weighted by molar-refractivity contribution is -0.920. The minimum atomic E-state index is 0.808. The van der Waals surface area contributed by atoms with Crippen LogP contribution in [0.3, 0.4) is 0 Å². The number of quaternary nitrogens is 1. The molecule has 1 saturated heterocycles. The molecule has 1 aliphatic carbocycles. The van der Waals surface area contributed by atoms with Gasteiger partial charge in [0.1, 0.15) is 13.1 Å². The fourth-order valence-electron chi connectivity index (χ4n) is 3.15. The molecule has 15 heavy (non-hydrogen) atoms. The second-order valence-electron chi connectivity index (χ2n) is 5.64. The Labute approximate surface area is 93.2 Å². The number of likely N-dealkylation sites (N-methyl/N-ethyl adjacent to an activating group) is 1. The van der Waals surface area contributed by atoms with Gasteiger partial charge in [-0.05, 0) is 31.7 Å². The minimum Gasteiger partial charge on any atom is -0.370 e. The van der Waals surface area contributed by atoms with E-state index in [0.29, 0.717) is 0 Å². The Morgan fingerprint density at radius 1 is 1.20 bits per heavy atom. The van der Waals surface area contributed by atoms with Gasteiger partial charge in [-0.1, -0.05) is 0 Å². The standard InChI is InChI=1S/C12H25N2O/c1-14(4-6-15-7-5-14)10-12-3-2-11(8-12)9-13/h11-12H,2-10,13H2,1H3/q+1. The van der Waals surface area contributed by atoms with Gasteiger partial charge in [0, 0.05) is 5.92 Å². The molecule has 2 aliphatic rings. The van der Waals surface area contributed by atoms with Crippen molar-refractivity contribution < 1.29 is 9.22 Å². The largest absolute Gasteiger partial charge is 0.370 e. The summed E-state index contributed by atoms with van der Waals surface area (Å²) in [7, 11) is 2.39. The predicted molar refractivity (Wildman–Crippen MR) is 61.5 cm³/mol. The SMILES string of the molecule is C[N+]1(CC2CCC(CN)C2)CCOCC1. The zero-order valence-electron chi connectivity index (χ0n) is 9.95. The Kier molecular flexibility index (Phi) is 3.65. The molecule has 0 aromatic carbocycles. The first-order chi connectivity index (χ1) is 7.22. The topological polar surface area (TPSA) is 35.2 Å². The number of nitrogens with two attached hydrogens (primary N) is 1. The Bertz CT molecular complexity index is 202. The molecule has 0 radical (unpaired) electrons. The number of morpholine rings is 1. The third-order valence-corrected chi connectivity index (χ3v) is 4.23. The first kappa shape index (κ1) is 11.4. The van der Waals surface area contributed by atoms with E-state index in [9.17, 15) is 0 Å². The quantitative estimate of drug-likeness (QED) is 0.705. The molecule has 0 aromatic rings. The Balaban J connectivity index is 1.80. The van der Waals surface area contributed by atoms with E-state index in [0.717, 1.165) is 31.6 Å². The van der Waals surface area contributed by atoms with Crippen LogP contribution in [-0.4, -0.2) is 50.9 Å². The lowest BCUT2D eigenvalue weighted by Gasteiger charge is -2.39. The zero-order valence-corrected chi connectivity index (χ0v) is 9.95. The summed E-state index contributed by atoms with van der Waals surface area (Å²) >= 11 is 0. The normalized spacial score (nSPS) is 35.6. The van der Waals surface area contributed by atoms with Crippen LogP contribution in [0.4, 0.5) is 0 Å². The lowest BCUT2D eigenvalue weighted by Crippen LogP contribution is -2.53. The predicted octanol–water partition coefficient (Wildman–Crippen LogP) is 0.838. The molecule has 2 unspecified atom stereocenters. The summed E-state index contributed by atoms with van der Waals surface area (Å²) in [6.45, 7) is 6.53. The average Bonchev–Trinajstić information content (AvgIpc) is 2.66. The fraction of sp³-hybridized carbons (Fsp3) is 1.00. The highest BCUT2D eigenvalue weighted by Crippen LogP contribution is 2.32. The molecule has 0 amide bonds. The number of ether oxygens (including phenoxy) is 1. The molecule has 2 fully saturated rings. The summed E-state index contributed by atoms with van der Waals surface area (Å²) in [6.07, 6.45) is 4.12. The van der Waals surface area contributed by atoms with Gasteiger partial charge in [-0.3, -0.25) is 0 Å². The summed E-state index contributed by atoms with van der Waals surface area (Å²) in [5.41, 5.74) is 5.74. The highest BCUT2D eigenvalue weighted by molar-refractivity contribution is 4.76. The third-order valence-electron chi connectivity index (χ3n) is 4.23. The van der Waals surface area contributed by atoms with Gasteiger partial charge in [0.15, 0.2) is 0 Å². The highest BCUT2D eigenvalue weighted by Gasteiger charge is 2.32. The van der Waals surface area contributed by atoms with Crippen LogP contribution < -0.4 is 5.73 Å². The van der Waals surface area contributed by atoms with Gasteiger partial charge < -0.3 is 15.0 Å². The van der Waals surface area contributed by atoms with E-state index >= 15 is 0 Å². The van der Waals surface area contributed by atoms with E-state index in [1.165, 1.54) is 43.4 Å². The van der Waals surface area contributed by atoms with E-state index in [4.69, 9.17) is 10.5 Å². The van der Waals surface area contributed by atoms with Gasteiger partial charge in [0.2, 0.25) is 0 Å². The molecule has 2 atom stereocenters. The maximum atomic E-state index is 5.74. The van der Waals surface area contributed by atoms with Crippen LogP contribution in [0, 0.1) is 11.8 Å².